The van der Waals surface area contributed by atoms with Crippen molar-refractivity contribution in [1.29, 1.82) is 0 Å². The number of hydrogen-bond donors (Lipinski definition) is 2. The number of carboxylic acid groups (broad SMARTS) is 1. The Kier molecular flexibility index (Phi) is 5.64. The molecule has 0 radical (unpaired) electrons. The molecule has 0 bridgehead atoms. The van der Waals surface area contributed by atoms with E-state index in [4.69, 9.17) is 9.84 Å². The lowest BCUT2D eigenvalue weighted by Crippen LogP contribution is -2.14. The van der Waals surface area contributed by atoms with Crippen molar-refractivity contribution >= 4 is 33.3 Å². The summed E-state index contributed by atoms with van der Waals surface area (Å²) in [5.41, 5.74) is -0.281. The summed E-state index contributed by atoms with van der Waals surface area (Å²) in [6, 6.07) is 2.04. The highest BCUT2D eigenvalue weighted by Crippen LogP contribution is 2.30. The van der Waals surface area contributed by atoms with Crippen LogP contribution in [0.25, 0.3) is 0 Å². The number of anilines is 1. The van der Waals surface area contributed by atoms with Crippen LogP contribution < -0.4 is 5.32 Å². The smallest absolute Gasteiger partial charge is 0.329 e. The SMILES string of the molecule is O=C(O)COCCNc1cc(Br)c(F)cc1[N+](=O)[O-]. The van der Waals surface area contributed by atoms with Crippen LogP contribution in [-0.2, 0) is 9.53 Å². The topological polar surface area (TPSA) is 102 Å². The Hall–Kier alpha value is -1.74. The zero-order chi connectivity index (χ0) is 14.4. The predicted octanol–water partition coefficient (Wildman–Crippen LogP) is 2.01. The Morgan fingerprint density at radius 3 is 2.84 bits per heavy atom. The van der Waals surface area contributed by atoms with E-state index >= 15 is 0 Å². The van der Waals surface area contributed by atoms with Gasteiger partial charge < -0.3 is 15.2 Å². The summed E-state index contributed by atoms with van der Waals surface area (Å²) in [5, 5.41) is 21.7. The highest BCUT2D eigenvalue weighted by atomic mass is 79.9. The average Bonchev–Trinajstić information content (AvgIpc) is 2.32. The zero-order valence-electron chi connectivity index (χ0n) is 9.56. The number of nitrogens with zero attached hydrogens (tertiary/aromatic N) is 1. The van der Waals surface area contributed by atoms with E-state index in [1.54, 1.807) is 0 Å². The zero-order valence-corrected chi connectivity index (χ0v) is 11.1. The minimum atomic E-state index is -1.10. The summed E-state index contributed by atoms with van der Waals surface area (Å²) in [5.74, 6) is -1.84. The number of halogens is 2. The molecule has 0 saturated heterocycles. The van der Waals surface area contributed by atoms with Gasteiger partial charge in [0.05, 0.1) is 22.1 Å². The Balaban J connectivity index is 2.64. The summed E-state index contributed by atoms with van der Waals surface area (Å²) < 4.78 is 18.0. The number of hydrogen-bond acceptors (Lipinski definition) is 5. The number of aliphatic carboxylic acids is 1. The first-order valence-corrected chi connectivity index (χ1v) is 5.88. The van der Waals surface area contributed by atoms with Crippen molar-refractivity contribution in [2.45, 2.75) is 0 Å². The normalized spacial score (nSPS) is 10.2. The van der Waals surface area contributed by atoms with Gasteiger partial charge in [0.1, 0.15) is 18.1 Å². The fourth-order valence-corrected chi connectivity index (χ4v) is 1.59. The number of carboxylic acids is 1. The second kappa shape index (κ2) is 7.00. The number of carbonyl (C=O) groups is 1. The number of nitro groups is 1. The molecule has 0 heterocycles. The summed E-state index contributed by atoms with van der Waals surface area (Å²) >= 11 is 2.92. The first kappa shape index (κ1) is 15.3. The molecule has 0 spiro atoms. The summed E-state index contributed by atoms with van der Waals surface area (Å²) in [6.45, 7) is -0.235. The van der Waals surface area contributed by atoms with Crippen molar-refractivity contribution in [1.82, 2.24) is 0 Å². The lowest BCUT2D eigenvalue weighted by Gasteiger charge is -2.08. The fraction of sp³-hybridized carbons (Fsp3) is 0.300. The molecular formula is C10H10BrFN2O5. The second-order valence-electron chi connectivity index (χ2n) is 3.41. The van der Waals surface area contributed by atoms with Crippen LogP contribution in [0.2, 0.25) is 0 Å². The molecule has 0 aromatic heterocycles. The van der Waals surface area contributed by atoms with Crippen molar-refractivity contribution in [2.24, 2.45) is 0 Å². The Bertz CT molecular complexity index is 497. The van der Waals surface area contributed by atoms with Crippen LogP contribution in [0.3, 0.4) is 0 Å². The Labute approximate surface area is 115 Å². The van der Waals surface area contributed by atoms with Crippen LogP contribution in [0.1, 0.15) is 0 Å². The van der Waals surface area contributed by atoms with Crippen molar-refractivity contribution in [3.8, 4) is 0 Å². The van der Waals surface area contributed by atoms with Gasteiger partial charge in [0, 0.05) is 6.54 Å². The third kappa shape index (κ3) is 4.79. The number of nitro benzene ring substituents is 1. The van der Waals surface area contributed by atoms with Crippen LogP contribution >= 0.6 is 15.9 Å². The van der Waals surface area contributed by atoms with E-state index in [-0.39, 0.29) is 23.3 Å². The Morgan fingerprint density at radius 2 is 2.26 bits per heavy atom. The predicted molar refractivity (Wildman–Crippen MR) is 67.7 cm³/mol. The summed E-state index contributed by atoms with van der Waals surface area (Å²) in [7, 11) is 0. The van der Waals surface area contributed by atoms with E-state index < -0.39 is 29.0 Å². The molecule has 0 unspecified atom stereocenters. The summed E-state index contributed by atoms with van der Waals surface area (Å²) in [4.78, 5) is 20.2. The molecule has 1 rings (SSSR count). The maximum absolute atomic E-state index is 13.2. The number of benzene rings is 1. The van der Waals surface area contributed by atoms with E-state index in [0.717, 1.165) is 6.07 Å². The maximum atomic E-state index is 13.2. The van der Waals surface area contributed by atoms with Crippen molar-refractivity contribution in [3.05, 3.63) is 32.5 Å². The molecule has 0 atom stereocenters. The van der Waals surface area contributed by atoms with Crippen LogP contribution in [0.5, 0.6) is 0 Å². The molecule has 1 aromatic carbocycles. The van der Waals surface area contributed by atoms with E-state index in [2.05, 4.69) is 21.2 Å². The number of rotatable bonds is 7. The van der Waals surface area contributed by atoms with Crippen LogP contribution in [0.4, 0.5) is 15.8 Å². The first-order chi connectivity index (χ1) is 8.91. The van der Waals surface area contributed by atoms with E-state index in [1.807, 2.05) is 0 Å². The highest BCUT2D eigenvalue weighted by Gasteiger charge is 2.17. The highest BCUT2D eigenvalue weighted by molar-refractivity contribution is 9.10. The molecule has 0 saturated carbocycles. The lowest BCUT2D eigenvalue weighted by molar-refractivity contribution is -0.384. The number of nitrogens with one attached hydrogen (secondary N) is 1. The van der Waals surface area contributed by atoms with Gasteiger partial charge in [-0.05, 0) is 22.0 Å². The van der Waals surface area contributed by atoms with Crippen LogP contribution in [0.15, 0.2) is 16.6 Å². The molecule has 9 heteroatoms. The minimum Gasteiger partial charge on any atom is -0.480 e. The molecule has 0 aliphatic carbocycles. The van der Waals surface area contributed by atoms with Gasteiger partial charge >= 0.3 is 5.97 Å². The fourth-order valence-electron chi connectivity index (χ4n) is 1.25. The quantitative estimate of drug-likeness (QED) is 0.448. The monoisotopic (exact) mass is 336 g/mol. The molecule has 0 fully saturated rings. The molecular weight excluding hydrogens is 327 g/mol. The second-order valence-corrected chi connectivity index (χ2v) is 4.27. The standard InChI is InChI=1S/C10H10BrFN2O5/c11-6-3-8(9(14(17)18)4-7(6)12)13-1-2-19-5-10(15)16/h3-4,13H,1-2,5H2,(H,15,16). The molecule has 2 N–H and O–H groups in total. The lowest BCUT2D eigenvalue weighted by atomic mass is 10.2. The van der Waals surface area contributed by atoms with Crippen molar-refractivity contribution < 1.29 is 24.0 Å². The van der Waals surface area contributed by atoms with Gasteiger partial charge in [-0.1, -0.05) is 0 Å². The molecule has 104 valence electrons. The van der Waals surface area contributed by atoms with Gasteiger partial charge in [0.15, 0.2) is 0 Å². The molecule has 19 heavy (non-hydrogen) atoms. The minimum absolute atomic E-state index is 0.0540. The van der Waals surface area contributed by atoms with Gasteiger partial charge in [-0.3, -0.25) is 10.1 Å². The molecule has 0 amide bonds. The van der Waals surface area contributed by atoms with Crippen molar-refractivity contribution in [3.63, 3.8) is 0 Å². The first-order valence-electron chi connectivity index (χ1n) is 5.08. The third-order valence-corrected chi connectivity index (χ3v) is 2.63. The molecule has 7 nitrogen and oxygen atoms in total. The van der Waals surface area contributed by atoms with Crippen LogP contribution in [-0.4, -0.2) is 35.8 Å². The van der Waals surface area contributed by atoms with Crippen LogP contribution in [0, 0.1) is 15.9 Å². The van der Waals surface area contributed by atoms with E-state index in [1.165, 1.54) is 6.07 Å². The largest absolute Gasteiger partial charge is 0.480 e. The third-order valence-electron chi connectivity index (χ3n) is 2.02. The van der Waals surface area contributed by atoms with E-state index in [9.17, 15) is 19.3 Å². The Morgan fingerprint density at radius 1 is 1.58 bits per heavy atom. The van der Waals surface area contributed by atoms with E-state index in [0.29, 0.717) is 0 Å². The van der Waals surface area contributed by atoms with Gasteiger partial charge in [0.2, 0.25) is 0 Å². The van der Waals surface area contributed by atoms with Gasteiger partial charge in [-0.15, -0.1) is 0 Å². The van der Waals surface area contributed by atoms with Crippen molar-refractivity contribution in [2.75, 3.05) is 25.1 Å². The van der Waals surface area contributed by atoms with Gasteiger partial charge in [-0.25, -0.2) is 9.18 Å². The molecule has 0 aliphatic rings. The maximum Gasteiger partial charge on any atom is 0.329 e. The molecule has 1 aromatic rings. The van der Waals surface area contributed by atoms with Gasteiger partial charge in [0.25, 0.3) is 5.69 Å². The average molecular weight is 337 g/mol. The number of ether oxygens (including phenoxy) is 1. The molecule has 0 aliphatic heterocycles. The van der Waals surface area contributed by atoms with Gasteiger partial charge in [-0.2, -0.15) is 0 Å². The summed E-state index contributed by atoms with van der Waals surface area (Å²) in [6.07, 6.45) is 0.